The summed E-state index contributed by atoms with van der Waals surface area (Å²) < 4.78 is 43.8. The summed E-state index contributed by atoms with van der Waals surface area (Å²) in [5, 5.41) is 3.19. The first-order valence-corrected chi connectivity index (χ1v) is 9.47. The van der Waals surface area contributed by atoms with Gasteiger partial charge in [0, 0.05) is 12.2 Å². The number of hydrogen-bond donors (Lipinski definition) is 1. The van der Waals surface area contributed by atoms with Crippen molar-refractivity contribution in [2.24, 2.45) is 5.92 Å². The predicted molar refractivity (Wildman–Crippen MR) is 94.1 cm³/mol. The highest BCUT2D eigenvalue weighted by Gasteiger charge is 2.60. The van der Waals surface area contributed by atoms with Crippen LogP contribution in [0.3, 0.4) is 0 Å². The van der Waals surface area contributed by atoms with Gasteiger partial charge in [-0.15, -0.1) is 0 Å². The van der Waals surface area contributed by atoms with Gasteiger partial charge >= 0.3 is 12.1 Å². The summed E-state index contributed by atoms with van der Waals surface area (Å²) in [5.74, 6) is -2.30. The van der Waals surface area contributed by atoms with E-state index in [0.29, 0.717) is 38.2 Å². The number of alkyl halides is 3. The number of nitrogens with zero attached hydrogens (tertiary/aromatic N) is 2. The number of halogens is 3. The third kappa shape index (κ3) is 3.32. The number of ether oxygens (including phenoxy) is 1. The summed E-state index contributed by atoms with van der Waals surface area (Å²) in [5.41, 5.74) is -0.450. The van der Waals surface area contributed by atoms with Crippen LogP contribution in [-0.4, -0.2) is 54.5 Å². The van der Waals surface area contributed by atoms with Crippen molar-refractivity contribution in [2.45, 2.75) is 43.8 Å². The van der Waals surface area contributed by atoms with Crippen molar-refractivity contribution in [1.82, 2.24) is 10.2 Å². The summed E-state index contributed by atoms with van der Waals surface area (Å²) in [6, 6.07) is 8.75. The van der Waals surface area contributed by atoms with Crippen LogP contribution in [0.15, 0.2) is 30.3 Å². The zero-order valence-corrected chi connectivity index (χ0v) is 15.2. The van der Waals surface area contributed by atoms with Crippen LogP contribution in [0.2, 0.25) is 0 Å². The predicted octanol–water partition coefficient (Wildman–Crippen LogP) is 2.26. The Labute approximate surface area is 160 Å². The fourth-order valence-corrected chi connectivity index (χ4v) is 4.11. The van der Waals surface area contributed by atoms with Gasteiger partial charge in [0.05, 0.1) is 0 Å². The molecular formula is C19H22F3N3O3. The Morgan fingerprint density at radius 3 is 2.39 bits per heavy atom. The van der Waals surface area contributed by atoms with Gasteiger partial charge in [-0.05, 0) is 56.8 Å². The number of carbonyl (C=O) groups excluding carboxylic acids is 2. The first kappa shape index (κ1) is 19.0. The molecule has 28 heavy (non-hydrogen) atoms. The standard InChI is InChI=1S/C19H22F3N3O3/c20-19(21,22)16(27)28-17-24(12-13-6-7-13)15(26)18(8-10-23-11-9-18)25(17)14-4-2-1-3-5-14/h1-5,13,17,23H,6-12H2. The molecule has 1 aromatic rings. The summed E-state index contributed by atoms with van der Waals surface area (Å²) in [4.78, 5) is 28.1. The van der Waals surface area contributed by atoms with Gasteiger partial charge in [-0.3, -0.25) is 9.69 Å². The zero-order valence-electron chi connectivity index (χ0n) is 15.2. The number of esters is 1. The maximum absolute atomic E-state index is 13.5. The molecular weight excluding hydrogens is 375 g/mol. The van der Waals surface area contributed by atoms with Crippen molar-refractivity contribution in [3.63, 3.8) is 0 Å². The van der Waals surface area contributed by atoms with Crippen molar-refractivity contribution in [2.75, 3.05) is 24.5 Å². The van der Waals surface area contributed by atoms with E-state index in [4.69, 9.17) is 4.74 Å². The minimum atomic E-state index is -5.12. The molecule has 2 aliphatic heterocycles. The van der Waals surface area contributed by atoms with Crippen LogP contribution in [0.1, 0.15) is 25.7 Å². The van der Waals surface area contributed by atoms with Gasteiger partial charge in [0.2, 0.25) is 0 Å². The normalized spacial score (nSPS) is 24.7. The number of benzene rings is 1. The number of anilines is 1. The van der Waals surface area contributed by atoms with Gasteiger partial charge in [0.15, 0.2) is 0 Å². The van der Waals surface area contributed by atoms with Crippen LogP contribution in [0.5, 0.6) is 0 Å². The SMILES string of the molecule is O=C(OC1N(CC2CC2)C(=O)C2(CCNCC2)N1c1ccccc1)C(F)(F)F. The lowest BCUT2D eigenvalue weighted by Gasteiger charge is -2.41. The van der Waals surface area contributed by atoms with Crippen molar-refractivity contribution in [1.29, 1.82) is 0 Å². The molecule has 0 radical (unpaired) electrons. The van der Waals surface area contributed by atoms with Gasteiger partial charge in [0.25, 0.3) is 12.3 Å². The van der Waals surface area contributed by atoms with E-state index < -0.39 is 24.0 Å². The van der Waals surface area contributed by atoms with Crippen LogP contribution in [0.25, 0.3) is 0 Å². The highest BCUT2D eigenvalue weighted by atomic mass is 19.4. The lowest BCUT2D eigenvalue weighted by atomic mass is 9.86. The molecule has 152 valence electrons. The van der Waals surface area contributed by atoms with Gasteiger partial charge in [-0.25, -0.2) is 4.79 Å². The van der Waals surface area contributed by atoms with Gasteiger partial charge in [-0.1, -0.05) is 18.2 Å². The summed E-state index contributed by atoms with van der Waals surface area (Å²) in [6.07, 6.45) is -3.82. The maximum atomic E-state index is 13.5. The number of rotatable bonds is 4. The van der Waals surface area contributed by atoms with Crippen molar-refractivity contribution >= 4 is 17.6 Å². The molecule has 9 heteroatoms. The van der Waals surface area contributed by atoms with Crippen molar-refractivity contribution < 1.29 is 27.5 Å². The molecule has 1 amide bonds. The van der Waals surface area contributed by atoms with E-state index in [0.717, 1.165) is 12.8 Å². The van der Waals surface area contributed by atoms with E-state index in [1.165, 1.54) is 4.90 Å². The van der Waals surface area contributed by atoms with E-state index >= 15 is 0 Å². The minimum Gasteiger partial charge on any atom is -0.416 e. The molecule has 0 aromatic heterocycles. The Kier molecular flexibility index (Phi) is 4.73. The topological polar surface area (TPSA) is 61.9 Å². The minimum absolute atomic E-state index is 0.241. The van der Waals surface area contributed by atoms with Gasteiger partial charge in [-0.2, -0.15) is 13.2 Å². The molecule has 3 fully saturated rings. The van der Waals surface area contributed by atoms with Crippen LogP contribution in [0.4, 0.5) is 18.9 Å². The van der Waals surface area contributed by atoms with Crippen LogP contribution in [-0.2, 0) is 14.3 Å². The summed E-state index contributed by atoms with van der Waals surface area (Å²) in [6.45, 7) is 1.42. The number of piperidine rings is 1. The molecule has 2 saturated heterocycles. The number of amides is 1. The Morgan fingerprint density at radius 1 is 1.18 bits per heavy atom. The quantitative estimate of drug-likeness (QED) is 0.790. The first-order valence-electron chi connectivity index (χ1n) is 9.47. The molecule has 3 aliphatic rings. The molecule has 1 unspecified atom stereocenters. The Hall–Kier alpha value is -2.29. The van der Waals surface area contributed by atoms with Gasteiger partial charge < -0.3 is 15.0 Å². The summed E-state index contributed by atoms with van der Waals surface area (Å²) >= 11 is 0. The summed E-state index contributed by atoms with van der Waals surface area (Å²) in [7, 11) is 0. The molecule has 1 atom stereocenters. The third-order valence-electron chi connectivity index (χ3n) is 5.67. The highest BCUT2D eigenvalue weighted by molar-refractivity contribution is 5.94. The lowest BCUT2D eigenvalue weighted by molar-refractivity contribution is -0.210. The van der Waals surface area contributed by atoms with Crippen LogP contribution in [0, 0.1) is 5.92 Å². The lowest BCUT2D eigenvalue weighted by Crippen LogP contribution is -2.57. The maximum Gasteiger partial charge on any atom is 0.491 e. The Morgan fingerprint density at radius 2 is 1.82 bits per heavy atom. The van der Waals surface area contributed by atoms with E-state index in [9.17, 15) is 22.8 Å². The second-order valence-corrected chi connectivity index (χ2v) is 7.62. The van der Waals surface area contributed by atoms with Gasteiger partial charge in [0.1, 0.15) is 5.54 Å². The monoisotopic (exact) mass is 397 g/mol. The average Bonchev–Trinajstić information content (AvgIpc) is 3.47. The van der Waals surface area contributed by atoms with Crippen LogP contribution >= 0.6 is 0 Å². The van der Waals surface area contributed by atoms with E-state index in [1.807, 2.05) is 0 Å². The Balaban J connectivity index is 1.76. The second-order valence-electron chi connectivity index (χ2n) is 7.62. The molecule has 1 N–H and O–H groups in total. The Bertz CT molecular complexity index is 746. The zero-order chi connectivity index (χ0) is 19.9. The van der Waals surface area contributed by atoms with Crippen molar-refractivity contribution in [3.8, 4) is 0 Å². The largest absolute Gasteiger partial charge is 0.491 e. The molecule has 1 aliphatic carbocycles. The molecule has 4 rings (SSSR count). The van der Waals surface area contributed by atoms with Crippen LogP contribution < -0.4 is 10.2 Å². The van der Waals surface area contributed by atoms with E-state index in [2.05, 4.69) is 5.32 Å². The van der Waals surface area contributed by atoms with E-state index in [1.54, 1.807) is 35.2 Å². The molecule has 1 aromatic carbocycles. The number of nitrogens with one attached hydrogen (secondary N) is 1. The molecule has 1 saturated carbocycles. The number of para-hydroxylation sites is 1. The second kappa shape index (κ2) is 6.95. The fourth-order valence-electron chi connectivity index (χ4n) is 4.11. The number of carbonyl (C=O) groups is 2. The average molecular weight is 397 g/mol. The number of hydrogen-bond acceptors (Lipinski definition) is 5. The smallest absolute Gasteiger partial charge is 0.416 e. The van der Waals surface area contributed by atoms with E-state index in [-0.39, 0.29) is 11.8 Å². The molecule has 1 spiro atoms. The van der Waals surface area contributed by atoms with Crippen molar-refractivity contribution in [3.05, 3.63) is 30.3 Å². The molecule has 2 heterocycles. The fraction of sp³-hybridized carbons (Fsp3) is 0.579. The third-order valence-corrected chi connectivity index (χ3v) is 5.67. The molecule has 6 nitrogen and oxygen atoms in total. The first-order chi connectivity index (χ1) is 13.3. The molecule has 0 bridgehead atoms. The highest BCUT2D eigenvalue weighted by Crippen LogP contribution is 2.44.